The number of rotatable bonds is 5. The van der Waals surface area contributed by atoms with Crippen molar-refractivity contribution >= 4 is 17.5 Å². The van der Waals surface area contributed by atoms with Crippen LogP contribution in [-0.2, 0) is 22.2 Å². The second-order valence-electron chi connectivity index (χ2n) is 5.97. The lowest BCUT2D eigenvalue weighted by molar-refractivity contribution is -0.137. The minimum Gasteiger partial charge on any atom is -0.349 e. The Labute approximate surface area is 149 Å². The molecule has 4 nitrogen and oxygen atoms in total. The van der Waals surface area contributed by atoms with Gasteiger partial charge in [-0.1, -0.05) is 24.3 Å². The number of amides is 2. The highest BCUT2D eigenvalue weighted by molar-refractivity contribution is 5.88. The number of carbonyl (C=O) groups is 2. The van der Waals surface area contributed by atoms with E-state index in [0.717, 1.165) is 17.7 Å². The molecule has 0 aliphatic rings. The summed E-state index contributed by atoms with van der Waals surface area (Å²) in [6.07, 6.45) is -4.33. The minimum atomic E-state index is -4.42. The average Bonchev–Trinajstić information content (AvgIpc) is 2.55. The highest BCUT2D eigenvalue weighted by Crippen LogP contribution is 2.30. The maximum absolute atomic E-state index is 12.8. The third kappa shape index (κ3) is 5.61. The van der Waals surface area contributed by atoms with Gasteiger partial charge >= 0.3 is 6.18 Å². The molecule has 1 atom stereocenters. The molecule has 7 heteroatoms. The van der Waals surface area contributed by atoms with Gasteiger partial charge in [0.15, 0.2) is 0 Å². The Morgan fingerprint density at radius 2 is 1.73 bits per heavy atom. The maximum atomic E-state index is 12.8. The Hall–Kier alpha value is -2.83. The van der Waals surface area contributed by atoms with Crippen LogP contribution in [0.1, 0.15) is 36.6 Å². The molecule has 26 heavy (non-hydrogen) atoms. The van der Waals surface area contributed by atoms with Gasteiger partial charge in [-0.15, -0.1) is 0 Å². The summed E-state index contributed by atoms with van der Waals surface area (Å²) < 4.78 is 38.3. The van der Waals surface area contributed by atoms with E-state index >= 15 is 0 Å². The van der Waals surface area contributed by atoms with Crippen LogP contribution >= 0.6 is 0 Å². The van der Waals surface area contributed by atoms with Crippen molar-refractivity contribution in [3.8, 4) is 0 Å². The standard InChI is InChI=1S/C19H19F3N2O2/c1-12(15-4-3-5-16(11-15)19(20,21)22)23-18(26)10-14-6-8-17(9-7-14)24-13(2)25/h3-9,11-12H,10H2,1-2H3,(H,23,26)(H,24,25)/t12-/m0/s1. The van der Waals surface area contributed by atoms with Crippen molar-refractivity contribution in [1.29, 1.82) is 0 Å². The summed E-state index contributed by atoms with van der Waals surface area (Å²) in [5, 5.41) is 5.32. The third-order valence-electron chi connectivity index (χ3n) is 3.73. The number of hydrogen-bond acceptors (Lipinski definition) is 2. The molecule has 2 rings (SSSR count). The van der Waals surface area contributed by atoms with Gasteiger partial charge in [0.2, 0.25) is 11.8 Å². The summed E-state index contributed by atoms with van der Waals surface area (Å²) in [5.41, 5.74) is 0.991. The van der Waals surface area contributed by atoms with Crippen LogP contribution in [-0.4, -0.2) is 11.8 Å². The Bertz CT molecular complexity index is 786. The van der Waals surface area contributed by atoms with Crippen molar-refractivity contribution in [2.45, 2.75) is 32.5 Å². The molecule has 0 saturated carbocycles. The monoisotopic (exact) mass is 364 g/mol. The van der Waals surface area contributed by atoms with Crippen LogP contribution < -0.4 is 10.6 Å². The van der Waals surface area contributed by atoms with Crippen LogP contribution in [0.25, 0.3) is 0 Å². The van der Waals surface area contributed by atoms with E-state index < -0.39 is 17.8 Å². The first-order chi connectivity index (χ1) is 12.1. The van der Waals surface area contributed by atoms with Crippen molar-refractivity contribution in [1.82, 2.24) is 5.32 Å². The van der Waals surface area contributed by atoms with Crippen LogP contribution in [0.15, 0.2) is 48.5 Å². The number of carbonyl (C=O) groups excluding carboxylic acids is 2. The van der Waals surface area contributed by atoms with Gasteiger partial charge in [0.1, 0.15) is 0 Å². The molecule has 0 aliphatic heterocycles. The summed E-state index contributed by atoms with van der Waals surface area (Å²) in [4.78, 5) is 23.1. The van der Waals surface area contributed by atoms with Crippen LogP contribution in [0.4, 0.5) is 18.9 Å². The molecule has 0 heterocycles. The van der Waals surface area contributed by atoms with Crippen molar-refractivity contribution in [3.05, 3.63) is 65.2 Å². The SMILES string of the molecule is CC(=O)Nc1ccc(CC(=O)N[C@@H](C)c2cccc(C(F)(F)F)c2)cc1. The van der Waals surface area contributed by atoms with Gasteiger partial charge in [0.05, 0.1) is 18.0 Å². The van der Waals surface area contributed by atoms with Gasteiger partial charge in [0, 0.05) is 12.6 Å². The van der Waals surface area contributed by atoms with Crippen LogP contribution in [0.5, 0.6) is 0 Å². The van der Waals surface area contributed by atoms with Gasteiger partial charge in [-0.25, -0.2) is 0 Å². The Kier molecular flexibility index (Phi) is 6.02. The van der Waals surface area contributed by atoms with Crippen molar-refractivity contribution in [2.75, 3.05) is 5.32 Å². The summed E-state index contributed by atoms with van der Waals surface area (Å²) >= 11 is 0. The molecule has 0 bridgehead atoms. The molecular weight excluding hydrogens is 345 g/mol. The second-order valence-corrected chi connectivity index (χ2v) is 5.97. The molecule has 0 aliphatic carbocycles. The lowest BCUT2D eigenvalue weighted by Crippen LogP contribution is -2.28. The van der Waals surface area contributed by atoms with E-state index in [0.29, 0.717) is 11.3 Å². The zero-order chi connectivity index (χ0) is 19.3. The molecule has 2 N–H and O–H groups in total. The fraction of sp³-hybridized carbons (Fsp3) is 0.263. The molecule has 2 aromatic rings. The molecule has 0 unspecified atom stereocenters. The summed E-state index contributed by atoms with van der Waals surface area (Å²) in [6.45, 7) is 3.03. The number of halogens is 3. The smallest absolute Gasteiger partial charge is 0.349 e. The first-order valence-corrected chi connectivity index (χ1v) is 7.98. The number of anilines is 1. The third-order valence-corrected chi connectivity index (χ3v) is 3.73. The lowest BCUT2D eigenvalue weighted by atomic mass is 10.0. The molecule has 0 aromatic heterocycles. The zero-order valence-electron chi connectivity index (χ0n) is 14.4. The number of benzene rings is 2. The first-order valence-electron chi connectivity index (χ1n) is 7.98. The lowest BCUT2D eigenvalue weighted by Gasteiger charge is -2.16. The van der Waals surface area contributed by atoms with E-state index in [2.05, 4.69) is 10.6 Å². The molecule has 138 valence electrons. The molecule has 2 aromatic carbocycles. The predicted molar refractivity (Wildman–Crippen MR) is 92.5 cm³/mol. The van der Waals surface area contributed by atoms with Gasteiger partial charge in [-0.2, -0.15) is 13.2 Å². The van der Waals surface area contributed by atoms with E-state index in [9.17, 15) is 22.8 Å². The van der Waals surface area contributed by atoms with Gasteiger partial charge < -0.3 is 10.6 Å². The topological polar surface area (TPSA) is 58.2 Å². The van der Waals surface area contributed by atoms with Crippen molar-refractivity contribution < 1.29 is 22.8 Å². The molecule has 0 fully saturated rings. The Morgan fingerprint density at radius 1 is 1.08 bits per heavy atom. The predicted octanol–water partition coefficient (Wildman–Crippen LogP) is 4.08. The highest BCUT2D eigenvalue weighted by atomic mass is 19.4. The van der Waals surface area contributed by atoms with E-state index in [1.165, 1.54) is 13.0 Å². The molecule has 0 saturated heterocycles. The van der Waals surface area contributed by atoms with E-state index in [-0.39, 0.29) is 18.2 Å². The fourth-order valence-corrected chi connectivity index (χ4v) is 2.45. The van der Waals surface area contributed by atoms with Crippen LogP contribution in [0.3, 0.4) is 0 Å². The van der Waals surface area contributed by atoms with Crippen LogP contribution in [0, 0.1) is 0 Å². The highest BCUT2D eigenvalue weighted by Gasteiger charge is 2.30. The minimum absolute atomic E-state index is 0.0870. The van der Waals surface area contributed by atoms with E-state index in [4.69, 9.17) is 0 Å². The van der Waals surface area contributed by atoms with E-state index in [1.54, 1.807) is 37.3 Å². The largest absolute Gasteiger partial charge is 0.416 e. The summed E-state index contributed by atoms with van der Waals surface area (Å²) in [5.74, 6) is -0.493. The summed E-state index contributed by atoms with van der Waals surface area (Å²) in [7, 11) is 0. The molecular formula is C19H19F3N2O2. The average molecular weight is 364 g/mol. The zero-order valence-corrected chi connectivity index (χ0v) is 14.4. The number of nitrogens with one attached hydrogen (secondary N) is 2. The van der Waals surface area contributed by atoms with E-state index in [1.807, 2.05) is 0 Å². The fourth-order valence-electron chi connectivity index (χ4n) is 2.45. The van der Waals surface area contributed by atoms with Gasteiger partial charge in [0.25, 0.3) is 0 Å². The van der Waals surface area contributed by atoms with Gasteiger partial charge in [-0.3, -0.25) is 9.59 Å². The van der Waals surface area contributed by atoms with Crippen molar-refractivity contribution in [3.63, 3.8) is 0 Å². The quantitative estimate of drug-likeness (QED) is 0.840. The number of hydrogen-bond donors (Lipinski definition) is 2. The summed E-state index contributed by atoms with van der Waals surface area (Å²) in [6, 6.07) is 11.1. The molecule has 0 spiro atoms. The molecule has 2 amide bonds. The Morgan fingerprint density at radius 3 is 2.31 bits per heavy atom. The van der Waals surface area contributed by atoms with Crippen LogP contribution in [0.2, 0.25) is 0 Å². The maximum Gasteiger partial charge on any atom is 0.416 e. The van der Waals surface area contributed by atoms with Crippen molar-refractivity contribution in [2.24, 2.45) is 0 Å². The molecule has 0 radical (unpaired) electrons. The Balaban J connectivity index is 1.98. The second kappa shape index (κ2) is 8.03. The van der Waals surface area contributed by atoms with Gasteiger partial charge in [-0.05, 0) is 42.3 Å². The first kappa shape index (κ1) is 19.5. The number of alkyl halides is 3. The normalized spacial score (nSPS) is 12.3.